The van der Waals surface area contributed by atoms with Gasteiger partial charge in [-0.2, -0.15) is 17.4 Å². The van der Waals surface area contributed by atoms with Crippen molar-refractivity contribution in [2.24, 2.45) is 5.92 Å². The molecule has 1 atom stereocenters. The average Bonchev–Trinajstić information content (AvgIpc) is 2.46. The van der Waals surface area contributed by atoms with Crippen molar-refractivity contribution in [2.75, 3.05) is 13.1 Å². The molecule has 2 rings (SSSR count). The molecule has 0 aromatic carbocycles. The molecule has 2 fully saturated rings. The number of hydrogen-bond acceptors (Lipinski definition) is 3. The summed E-state index contributed by atoms with van der Waals surface area (Å²) in [6, 6.07) is -0.984. The number of nitrogens with one attached hydrogen (secondary N) is 1. The molecule has 2 N–H and O–H groups in total. The monoisotopic (exact) mass is 304 g/mol. The Morgan fingerprint density at radius 1 is 1.05 bits per heavy atom. The maximum atomic E-state index is 12.3. The fourth-order valence-electron chi connectivity index (χ4n) is 3.16. The summed E-state index contributed by atoms with van der Waals surface area (Å²) >= 11 is 0. The van der Waals surface area contributed by atoms with Gasteiger partial charge in [-0.15, -0.1) is 0 Å². The first-order valence-corrected chi connectivity index (χ1v) is 8.95. The van der Waals surface area contributed by atoms with Gasteiger partial charge >= 0.3 is 5.97 Å². The van der Waals surface area contributed by atoms with E-state index in [1.54, 1.807) is 0 Å². The van der Waals surface area contributed by atoms with E-state index >= 15 is 0 Å². The molecule has 1 saturated heterocycles. The molecule has 1 saturated carbocycles. The first-order chi connectivity index (χ1) is 9.50. The van der Waals surface area contributed by atoms with E-state index in [0.717, 1.165) is 51.4 Å². The van der Waals surface area contributed by atoms with Gasteiger partial charge in [0, 0.05) is 13.1 Å². The van der Waals surface area contributed by atoms with Crippen LogP contribution < -0.4 is 4.72 Å². The smallest absolute Gasteiger partial charge is 0.322 e. The maximum absolute atomic E-state index is 12.3. The minimum Gasteiger partial charge on any atom is -0.480 e. The van der Waals surface area contributed by atoms with Crippen LogP contribution in [0.2, 0.25) is 0 Å². The van der Waals surface area contributed by atoms with Crippen molar-refractivity contribution in [3.05, 3.63) is 0 Å². The van der Waals surface area contributed by atoms with Crippen LogP contribution in [-0.2, 0) is 15.0 Å². The molecule has 1 aliphatic carbocycles. The van der Waals surface area contributed by atoms with E-state index in [0.29, 0.717) is 13.1 Å². The van der Waals surface area contributed by atoms with Crippen LogP contribution in [0.1, 0.15) is 51.4 Å². The molecule has 6 nitrogen and oxygen atoms in total. The van der Waals surface area contributed by atoms with Crippen molar-refractivity contribution in [2.45, 2.75) is 57.4 Å². The Hall–Kier alpha value is -0.660. The molecule has 0 radical (unpaired) electrons. The summed E-state index contributed by atoms with van der Waals surface area (Å²) in [4.78, 5) is 11.4. The van der Waals surface area contributed by atoms with Gasteiger partial charge in [-0.25, -0.2) is 0 Å². The lowest BCUT2D eigenvalue weighted by Crippen LogP contribution is -2.52. The van der Waals surface area contributed by atoms with Crippen LogP contribution in [0.15, 0.2) is 0 Å². The molecule has 0 spiro atoms. The van der Waals surface area contributed by atoms with E-state index in [1.807, 2.05) is 0 Å². The van der Waals surface area contributed by atoms with Crippen LogP contribution in [0.25, 0.3) is 0 Å². The predicted octanol–water partition coefficient (Wildman–Crippen LogP) is 1.34. The van der Waals surface area contributed by atoms with Crippen LogP contribution in [0.4, 0.5) is 0 Å². The van der Waals surface area contributed by atoms with E-state index in [-0.39, 0.29) is 5.92 Å². The van der Waals surface area contributed by atoms with E-state index in [9.17, 15) is 18.3 Å². The van der Waals surface area contributed by atoms with Gasteiger partial charge in [0.15, 0.2) is 0 Å². The van der Waals surface area contributed by atoms with E-state index in [4.69, 9.17) is 0 Å². The number of hydrogen-bond donors (Lipinski definition) is 2. The highest BCUT2D eigenvalue weighted by molar-refractivity contribution is 7.87. The largest absolute Gasteiger partial charge is 0.480 e. The number of rotatable bonds is 5. The minimum atomic E-state index is -3.67. The molecule has 20 heavy (non-hydrogen) atoms. The Morgan fingerprint density at radius 3 is 2.15 bits per heavy atom. The zero-order chi connectivity index (χ0) is 14.6. The molecule has 2 aliphatic rings. The lowest BCUT2D eigenvalue weighted by atomic mass is 9.84. The molecule has 0 bridgehead atoms. The first kappa shape index (κ1) is 15.7. The fraction of sp³-hybridized carbons (Fsp3) is 0.923. The SMILES string of the molecule is O=C(O)C(NS(=O)(=O)N1CCCCC1)C1CCCCC1. The highest BCUT2D eigenvalue weighted by Crippen LogP contribution is 2.27. The summed E-state index contributed by atoms with van der Waals surface area (Å²) in [6.45, 7) is 0.985. The van der Waals surface area contributed by atoms with Crippen molar-refractivity contribution >= 4 is 16.2 Å². The lowest BCUT2D eigenvalue weighted by molar-refractivity contribution is -0.140. The van der Waals surface area contributed by atoms with E-state index in [2.05, 4.69) is 4.72 Å². The third-order valence-electron chi connectivity index (χ3n) is 4.32. The first-order valence-electron chi connectivity index (χ1n) is 7.51. The van der Waals surface area contributed by atoms with Gasteiger partial charge < -0.3 is 5.11 Å². The molecular weight excluding hydrogens is 280 g/mol. The Morgan fingerprint density at radius 2 is 1.60 bits per heavy atom. The lowest BCUT2D eigenvalue weighted by Gasteiger charge is -2.31. The minimum absolute atomic E-state index is 0.0826. The summed E-state index contributed by atoms with van der Waals surface area (Å²) in [5, 5.41) is 9.34. The average molecular weight is 304 g/mol. The Labute approximate surface area is 120 Å². The van der Waals surface area contributed by atoms with Crippen molar-refractivity contribution in [1.29, 1.82) is 0 Å². The van der Waals surface area contributed by atoms with Crippen LogP contribution in [0, 0.1) is 5.92 Å². The van der Waals surface area contributed by atoms with Crippen molar-refractivity contribution in [3.8, 4) is 0 Å². The maximum Gasteiger partial charge on any atom is 0.322 e. The second-order valence-electron chi connectivity index (χ2n) is 5.80. The number of carboxylic acid groups (broad SMARTS) is 1. The number of carboxylic acids is 1. The van der Waals surface area contributed by atoms with Gasteiger partial charge in [-0.05, 0) is 31.6 Å². The van der Waals surface area contributed by atoms with Gasteiger partial charge in [0.05, 0.1) is 0 Å². The molecule has 0 aromatic rings. The molecule has 116 valence electrons. The fourth-order valence-corrected chi connectivity index (χ4v) is 4.66. The summed E-state index contributed by atoms with van der Waals surface area (Å²) in [7, 11) is -3.67. The second-order valence-corrected chi connectivity index (χ2v) is 7.50. The molecule has 1 heterocycles. The van der Waals surface area contributed by atoms with Gasteiger partial charge in [0.1, 0.15) is 6.04 Å². The zero-order valence-electron chi connectivity index (χ0n) is 11.8. The van der Waals surface area contributed by atoms with Crippen molar-refractivity contribution in [3.63, 3.8) is 0 Å². The number of aliphatic carboxylic acids is 1. The molecule has 0 amide bonds. The third kappa shape index (κ3) is 3.93. The summed E-state index contributed by atoms with van der Waals surface area (Å²) in [5.41, 5.74) is 0. The van der Waals surface area contributed by atoms with Crippen LogP contribution in [0.5, 0.6) is 0 Å². The summed E-state index contributed by atoms with van der Waals surface area (Å²) < 4.78 is 28.4. The normalized spacial score (nSPS) is 24.4. The zero-order valence-corrected chi connectivity index (χ0v) is 12.6. The predicted molar refractivity (Wildman–Crippen MR) is 75.5 cm³/mol. The van der Waals surface area contributed by atoms with Crippen molar-refractivity contribution in [1.82, 2.24) is 9.03 Å². The van der Waals surface area contributed by atoms with Gasteiger partial charge in [-0.3, -0.25) is 4.79 Å². The molecule has 1 aliphatic heterocycles. The van der Waals surface area contributed by atoms with E-state index in [1.165, 1.54) is 4.31 Å². The topological polar surface area (TPSA) is 86.7 Å². The molecule has 7 heteroatoms. The number of piperidine rings is 1. The van der Waals surface area contributed by atoms with Crippen LogP contribution >= 0.6 is 0 Å². The Bertz CT molecular complexity index is 426. The molecular formula is C13H24N2O4S. The molecule has 0 aromatic heterocycles. The van der Waals surface area contributed by atoms with Gasteiger partial charge in [-0.1, -0.05) is 25.7 Å². The van der Waals surface area contributed by atoms with Crippen LogP contribution in [0.3, 0.4) is 0 Å². The Kier molecular flexibility index (Phi) is 5.40. The van der Waals surface area contributed by atoms with Gasteiger partial charge in [0.2, 0.25) is 0 Å². The van der Waals surface area contributed by atoms with E-state index < -0.39 is 22.2 Å². The quantitative estimate of drug-likeness (QED) is 0.802. The highest BCUT2D eigenvalue weighted by Gasteiger charge is 2.35. The summed E-state index contributed by atoms with van der Waals surface area (Å²) in [6.07, 6.45) is 7.40. The van der Waals surface area contributed by atoms with Crippen LogP contribution in [-0.4, -0.2) is 42.9 Å². The van der Waals surface area contributed by atoms with Gasteiger partial charge in [0.25, 0.3) is 10.2 Å². The van der Waals surface area contributed by atoms with Crippen molar-refractivity contribution < 1.29 is 18.3 Å². The number of nitrogens with zero attached hydrogens (tertiary/aromatic N) is 1. The highest BCUT2D eigenvalue weighted by atomic mass is 32.2. The standard InChI is InChI=1S/C13H24N2O4S/c16-13(17)12(11-7-3-1-4-8-11)14-20(18,19)15-9-5-2-6-10-15/h11-12,14H,1-10H2,(H,16,17). The molecule has 1 unspecified atom stereocenters. The summed E-state index contributed by atoms with van der Waals surface area (Å²) in [5.74, 6) is -1.14. The second kappa shape index (κ2) is 6.87. The number of carbonyl (C=O) groups is 1. The third-order valence-corrected chi connectivity index (χ3v) is 5.91. The Balaban J connectivity index is 2.04.